The zero-order valence-corrected chi connectivity index (χ0v) is 15.2. The molecule has 136 valence electrons. The minimum Gasteiger partial charge on any atom is -0.439 e. The van der Waals surface area contributed by atoms with Crippen LogP contribution in [0.5, 0.6) is 5.75 Å². The van der Waals surface area contributed by atoms with Crippen LogP contribution in [0, 0.1) is 24.7 Å². The van der Waals surface area contributed by atoms with Crippen LogP contribution in [0.15, 0.2) is 60.7 Å². The summed E-state index contributed by atoms with van der Waals surface area (Å²) >= 11 is 0. The first-order chi connectivity index (χ1) is 13.2. The van der Waals surface area contributed by atoms with Gasteiger partial charge in [0.25, 0.3) is 5.91 Å². The van der Waals surface area contributed by atoms with E-state index in [1.165, 1.54) is 5.56 Å². The van der Waals surface area contributed by atoms with Crippen molar-refractivity contribution >= 4 is 5.91 Å². The van der Waals surface area contributed by atoms with Crippen LogP contribution in [-0.2, 0) is 10.6 Å². The van der Waals surface area contributed by atoms with Gasteiger partial charge in [0.1, 0.15) is 5.75 Å². The molecule has 2 bridgehead atoms. The van der Waals surface area contributed by atoms with Gasteiger partial charge < -0.3 is 9.47 Å². The second-order valence-electron chi connectivity index (χ2n) is 8.16. The van der Waals surface area contributed by atoms with Crippen molar-refractivity contribution in [1.82, 2.24) is 4.90 Å². The van der Waals surface area contributed by atoms with E-state index in [2.05, 4.69) is 19.1 Å². The van der Waals surface area contributed by atoms with E-state index in [1.54, 1.807) is 0 Å². The number of ether oxygens (including phenoxy) is 2. The zero-order chi connectivity index (χ0) is 18.2. The van der Waals surface area contributed by atoms with E-state index in [4.69, 9.17) is 9.47 Å². The van der Waals surface area contributed by atoms with Crippen LogP contribution in [0.3, 0.4) is 0 Å². The molecule has 4 nitrogen and oxygen atoms in total. The molecule has 2 aromatic rings. The fourth-order valence-corrected chi connectivity index (χ4v) is 5.24. The second kappa shape index (κ2) is 5.23. The molecular weight excluding hydrogens is 338 g/mol. The van der Waals surface area contributed by atoms with Crippen molar-refractivity contribution in [3.63, 3.8) is 0 Å². The smallest absolute Gasteiger partial charge is 0.326 e. The van der Waals surface area contributed by atoms with Gasteiger partial charge in [0.05, 0.1) is 11.7 Å². The van der Waals surface area contributed by atoms with Crippen molar-refractivity contribution in [2.24, 2.45) is 17.8 Å². The van der Waals surface area contributed by atoms with Crippen molar-refractivity contribution in [2.75, 3.05) is 6.54 Å². The molecule has 2 heterocycles. The molecule has 1 saturated carbocycles. The highest BCUT2D eigenvalue weighted by atomic mass is 16.7. The highest BCUT2D eigenvalue weighted by Gasteiger charge is 2.61. The number of fused-ring (bicyclic) bond motifs is 7. The monoisotopic (exact) mass is 359 g/mol. The number of aryl methyl sites for hydroxylation is 1. The van der Waals surface area contributed by atoms with E-state index in [9.17, 15) is 4.79 Å². The van der Waals surface area contributed by atoms with Gasteiger partial charge in [0.15, 0.2) is 0 Å². The Morgan fingerprint density at radius 1 is 1.04 bits per heavy atom. The Hall–Kier alpha value is -2.59. The average molecular weight is 359 g/mol. The number of rotatable bonds is 1. The van der Waals surface area contributed by atoms with Gasteiger partial charge in [-0.05, 0) is 31.4 Å². The fourth-order valence-electron chi connectivity index (χ4n) is 5.24. The van der Waals surface area contributed by atoms with Gasteiger partial charge >= 0.3 is 5.91 Å². The Labute approximate surface area is 158 Å². The first-order valence-electron chi connectivity index (χ1n) is 9.69. The van der Waals surface area contributed by atoms with Gasteiger partial charge in [-0.1, -0.05) is 54.1 Å². The molecule has 4 heteroatoms. The first-order valence-corrected chi connectivity index (χ1v) is 9.69. The Morgan fingerprint density at radius 2 is 1.81 bits per heavy atom. The predicted octanol–water partition coefficient (Wildman–Crippen LogP) is 3.86. The number of amides is 1. The van der Waals surface area contributed by atoms with E-state index in [0.29, 0.717) is 35.6 Å². The lowest BCUT2D eigenvalue weighted by Crippen LogP contribution is -2.65. The molecule has 5 atom stereocenters. The standard InChI is InChI=1S/C23H21NO3/c1-14-6-10-17(11-7-14)23-24(22(25)18-4-2-3-5-20(18)26-23)13-19-15-8-9-16(12-15)21(19)27-23/h2-11,15-16,19,21H,12-13H2,1H3/t15-,16+,19+,21-,23+/m0/s1. The number of carbonyl (C=O) groups is 1. The van der Waals surface area contributed by atoms with Gasteiger partial charge in [-0.2, -0.15) is 0 Å². The molecule has 6 rings (SSSR count). The lowest BCUT2D eigenvalue weighted by atomic mass is 9.87. The molecule has 2 aromatic carbocycles. The maximum Gasteiger partial charge on any atom is 0.326 e. The van der Waals surface area contributed by atoms with Gasteiger partial charge in [-0.15, -0.1) is 0 Å². The minimum atomic E-state index is -1.18. The van der Waals surface area contributed by atoms with E-state index in [1.807, 2.05) is 53.4 Å². The van der Waals surface area contributed by atoms with E-state index < -0.39 is 5.91 Å². The van der Waals surface area contributed by atoms with E-state index >= 15 is 0 Å². The molecule has 0 radical (unpaired) electrons. The number of carbonyl (C=O) groups excluding carboxylic acids is 1. The molecule has 0 N–H and O–H groups in total. The minimum absolute atomic E-state index is 0.0115. The van der Waals surface area contributed by atoms with Crippen molar-refractivity contribution < 1.29 is 14.3 Å². The van der Waals surface area contributed by atoms with Crippen molar-refractivity contribution in [1.29, 1.82) is 0 Å². The van der Waals surface area contributed by atoms with E-state index in [-0.39, 0.29) is 12.0 Å². The third kappa shape index (κ3) is 1.99. The van der Waals surface area contributed by atoms with Crippen LogP contribution in [0.2, 0.25) is 0 Å². The summed E-state index contributed by atoms with van der Waals surface area (Å²) in [6.45, 7) is 2.72. The molecule has 4 aliphatic rings. The van der Waals surface area contributed by atoms with E-state index in [0.717, 1.165) is 12.0 Å². The van der Waals surface area contributed by atoms with Crippen molar-refractivity contribution in [2.45, 2.75) is 25.4 Å². The maximum atomic E-state index is 13.4. The number of allylic oxidation sites excluding steroid dienone is 1. The molecule has 0 unspecified atom stereocenters. The summed E-state index contributed by atoms with van der Waals surface area (Å²) in [5, 5.41) is 0. The van der Waals surface area contributed by atoms with Crippen LogP contribution in [0.4, 0.5) is 0 Å². The number of hydrogen-bond acceptors (Lipinski definition) is 3. The molecule has 1 amide bonds. The summed E-state index contributed by atoms with van der Waals surface area (Å²) in [4.78, 5) is 15.3. The molecule has 27 heavy (non-hydrogen) atoms. The largest absolute Gasteiger partial charge is 0.439 e. The molecule has 0 aromatic heterocycles. The summed E-state index contributed by atoms with van der Waals surface area (Å²) in [6.07, 6.45) is 5.80. The highest BCUT2D eigenvalue weighted by Crippen LogP contribution is 2.54. The summed E-state index contributed by atoms with van der Waals surface area (Å²) in [5.41, 5.74) is 2.66. The number of hydrogen-bond donors (Lipinski definition) is 0. The van der Waals surface area contributed by atoms with Gasteiger partial charge in [-0.3, -0.25) is 9.69 Å². The Kier molecular flexibility index (Phi) is 3.00. The summed E-state index contributed by atoms with van der Waals surface area (Å²) in [7, 11) is 0. The van der Waals surface area contributed by atoms with Crippen LogP contribution < -0.4 is 4.74 Å². The molecule has 2 fully saturated rings. The lowest BCUT2D eigenvalue weighted by molar-refractivity contribution is -0.331. The number of nitrogens with zero attached hydrogens (tertiary/aromatic N) is 1. The quantitative estimate of drug-likeness (QED) is 0.726. The van der Waals surface area contributed by atoms with Gasteiger partial charge in [0, 0.05) is 23.9 Å². The van der Waals surface area contributed by atoms with Crippen LogP contribution in [-0.4, -0.2) is 23.5 Å². The molecule has 0 spiro atoms. The van der Waals surface area contributed by atoms with Crippen molar-refractivity contribution in [3.05, 3.63) is 77.4 Å². The molecular formula is C23H21NO3. The summed E-state index contributed by atoms with van der Waals surface area (Å²) in [6, 6.07) is 15.6. The highest BCUT2D eigenvalue weighted by molar-refractivity contribution is 5.98. The third-order valence-electron chi connectivity index (χ3n) is 6.62. The van der Waals surface area contributed by atoms with Crippen LogP contribution in [0.1, 0.15) is 27.9 Å². The normalized spacial score (nSPS) is 35.4. The van der Waals surface area contributed by atoms with Crippen LogP contribution in [0.25, 0.3) is 0 Å². The van der Waals surface area contributed by atoms with Crippen LogP contribution >= 0.6 is 0 Å². The average Bonchev–Trinajstić information content (AvgIpc) is 3.29. The Balaban J connectivity index is 1.53. The second-order valence-corrected chi connectivity index (χ2v) is 8.16. The Morgan fingerprint density at radius 3 is 2.67 bits per heavy atom. The number of para-hydroxylation sites is 1. The molecule has 1 saturated heterocycles. The van der Waals surface area contributed by atoms with Gasteiger partial charge in [0.2, 0.25) is 0 Å². The first kappa shape index (κ1) is 15.5. The topological polar surface area (TPSA) is 38.8 Å². The fraction of sp³-hybridized carbons (Fsp3) is 0.348. The maximum absolute atomic E-state index is 13.4. The summed E-state index contributed by atoms with van der Waals surface area (Å²) < 4.78 is 13.2. The van der Waals surface area contributed by atoms with Crippen molar-refractivity contribution in [3.8, 4) is 5.75 Å². The van der Waals surface area contributed by atoms with Gasteiger partial charge in [-0.25, -0.2) is 0 Å². The predicted molar refractivity (Wildman–Crippen MR) is 100 cm³/mol. The SMILES string of the molecule is Cc1ccc([C@]23Oc4ccccc4C(=O)N2C[C@H]2[C@@H](O3)[C@@H]3C=C[C@H]2C3)cc1. The lowest BCUT2D eigenvalue weighted by Gasteiger charge is -2.53. The Bertz CT molecular complexity index is 966. The number of benzene rings is 2. The zero-order valence-electron chi connectivity index (χ0n) is 15.2. The summed E-state index contributed by atoms with van der Waals surface area (Å²) in [5.74, 6) is 0.662. The molecule has 2 aliphatic heterocycles. The molecule has 2 aliphatic carbocycles. The third-order valence-corrected chi connectivity index (χ3v) is 6.62.